The maximum atomic E-state index is 12.4. The summed E-state index contributed by atoms with van der Waals surface area (Å²) in [6.45, 7) is 1.60. The van der Waals surface area contributed by atoms with Gasteiger partial charge in [0.2, 0.25) is 0 Å². The van der Waals surface area contributed by atoms with Crippen LogP contribution in [-0.2, 0) is 19.1 Å². The van der Waals surface area contributed by atoms with E-state index in [1.807, 2.05) is 30.3 Å². The van der Waals surface area contributed by atoms with E-state index in [1.165, 1.54) is 19.2 Å². The Bertz CT molecular complexity index is 880. The second-order valence-corrected chi connectivity index (χ2v) is 8.46. The van der Waals surface area contributed by atoms with Crippen molar-refractivity contribution in [1.29, 1.82) is 0 Å². The van der Waals surface area contributed by atoms with Crippen LogP contribution in [0.5, 0.6) is 0 Å². The van der Waals surface area contributed by atoms with E-state index in [-0.39, 0.29) is 4.75 Å². The van der Waals surface area contributed by atoms with Crippen LogP contribution < -0.4 is 10.6 Å². The van der Waals surface area contributed by atoms with Gasteiger partial charge in [-0.25, -0.2) is 4.79 Å². The molecule has 0 bridgehead atoms. The Labute approximate surface area is 179 Å². The molecule has 2 N–H and O–H groups in total. The summed E-state index contributed by atoms with van der Waals surface area (Å²) in [6, 6.07) is 16.1. The van der Waals surface area contributed by atoms with Gasteiger partial charge in [-0.15, -0.1) is 11.8 Å². The van der Waals surface area contributed by atoms with E-state index in [2.05, 4.69) is 15.4 Å². The lowest BCUT2D eigenvalue weighted by atomic mass is 9.99. The van der Waals surface area contributed by atoms with Crippen LogP contribution in [0.4, 0.5) is 5.69 Å². The van der Waals surface area contributed by atoms with Crippen molar-refractivity contribution >= 4 is 35.2 Å². The second-order valence-electron chi connectivity index (χ2n) is 6.92. The predicted octanol–water partition coefficient (Wildman–Crippen LogP) is 2.87. The molecule has 0 unspecified atom stereocenters. The number of hydrogen-bond donors (Lipinski definition) is 2. The fourth-order valence-corrected chi connectivity index (χ4v) is 4.42. The molecule has 0 atom stereocenters. The molecule has 7 nitrogen and oxygen atoms in total. The molecule has 1 aliphatic heterocycles. The Morgan fingerprint density at radius 1 is 1.00 bits per heavy atom. The molecular formula is C22H24N2O5S. The molecule has 2 amide bonds. The van der Waals surface area contributed by atoms with Gasteiger partial charge >= 0.3 is 17.8 Å². The van der Waals surface area contributed by atoms with Crippen molar-refractivity contribution in [3.8, 4) is 0 Å². The third-order valence-corrected chi connectivity index (χ3v) is 6.32. The van der Waals surface area contributed by atoms with Gasteiger partial charge in [-0.3, -0.25) is 9.59 Å². The lowest BCUT2D eigenvalue weighted by Gasteiger charge is -2.36. The quantitative estimate of drug-likeness (QED) is 0.543. The first-order chi connectivity index (χ1) is 14.5. The van der Waals surface area contributed by atoms with Gasteiger partial charge in [0, 0.05) is 35.1 Å². The maximum Gasteiger partial charge on any atom is 0.337 e. The SMILES string of the molecule is COC(=O)c1ccc(NC(=O)C(=O)NCC2(Sc3ccccc3)CCOCC2)cc1. The Morgan fingerprint density at radius 2 is 1.67 bits per heavy atom. The lowest BCUT2D eigenvalue weighted by Crippen LogP contribution is -2.47. The smallest absolute Gasteiger partial charge is 0.337 e. The second kappa shape index (κ2) is 10.3. The van der Waals surface area contributed by atoms with E-state index in [0.29, 0.717) is 31.0 Å². The molecule has 2 aromatic rings. The molecule has 0 aliphatic carbocycles. The van der Waals surface area contributed by atoms with Crippen molar-refractivity contribution in [2.45, 2.75) is 22.5 Å². The van der Waals surface area contributed by atoms with Crippen LogP contribution in [0.15, 0.2) is 59.5 Å². The van der Waals surface area contributed by atoms with Crippen LogP contribution in [0.2, 0.25) is 0 Å². The number of carbonyl (C=O) groups excluding carboxylic acids is 3. The van der Waals surface area contributed by atoms with Crippen molar-refractivity contribution < 1.29 is 23.9 Å². The molecule has 1 fully saturated rings. The van der Waals surface area contributed by atoms with Crippen molar-refractivity contribution in [2.24, 2.45) is 0 Å². The number of ether oxygens (including phenoxy) is 2. The summed E-state index contributed by atoms with van der Waals surface area (Å²) < 4.78 is 9.90. The average molecular weight is 429 g/mol. The molecule has 8 heteroatoms. The Kier molecular flexibility index (Phi) is 7.48. The normalized spacial score (nSPS) is 15.1. The van der Waals surface area contributed by atoms with E-state index in [1.54, 1.807) is 23.9 Å². The van der Waals surface area contributed by atoms with E-state index in [0.717, 1.165) is 17.7 Å². The lowest BCUT2D eigenvalue weighted by molar-refractivity contribution is -0.136. The summed E-state index contributed by atoms with van der Waals surface area (Å²) in [7, 11) is 1.30. The number of amides is 2. The van der Waals surface area contributed by atoms with Crippen LogP contribution >= 0.6 is 11.8 Å². The number of thioether (sulfide) groups is 1. The Morgan fingerprint density at radius 3 is 2.30 bits per heavy atom. The minimum atomic E-state index is -0.757. The summed E-state index contributed by atoms with van der Waals surface area (Å²) in [6.07, 6.45) is 1.56. The van der Waals surface area contributed by atoms with E-state index in [9.17, 15) is 14.4 Å². The van der Waals surface area contributed by atoms with Gasteiger partial charge in [0.1, 0.15) is 0 Å². The molecule has 0 aromatic heterocycles. The number of nitrogens with one attached hydrogen (secondary N) is 2. The zero-order valence-electron chi connectivity index (χ0n) is 16.7. The molecule has 158 valence electrons. The highest BCUT2D eigenvalue weighted by Crippen LogP contribution is 2.40. The van der Waals surface area contributed by atoms with Crippen LogP contribution in [-0.4, -0.2) is 49.4 Å². The first-order valence-corrected chi connectivity index (χ1v) is 10.4. The third kappa shape index (κ3) is 5.84. The minimum Gasteiger partial charge on any atom is -0.465 e. The van der Waals surface area contributed by atoms with Crippen molar-refractivity contribution in [3.63, 3.8) is 0 Å². The molecular weight excluding hydrogens is 404 g/mol. The molecule has 0 spiro atoms. The summed E-state index contributed by atoms with van der Waals surface area (Å²) >= 11 is 1.71. The zero-order chi connectivity index (χ0) is 21.4. The molecule has 0 radical (unpaired) electrons. The topological polar surface area (TPSA) is 93.7 Å². The van der Waals surface area contributed by atoms with Gasteiger partial charge < -0.3 is 20.1 Å². The monoisotopic (exact) mass is 428 g/mol. The highest BCUT2D eigenvalue weighted by molar-refractivity contribution is 8.00. The van der Waals surface area contributed by atoms with E-state index < -0.39 is 17.8 Å². The number of rotatable bonds is 6. The van der Waals surface area contributed by atoms with Gasteiger partial charge in [-0.2, -0.15) is 0 Å². The summed E-state index contributed by atoms with van der Waals surface area (Å²) in [4.78, 5) is 37.2. The maximum absolute atomic E-state index is 12.4. The highest BCUT2D eigenvalue weighted by atomic mass is 32.2. The van der Waals surface area contributed by atoms with Crippen LogP contribution in [0.25, 0.3) is 0 Å². The van der Waals surface area contributed by atoms with Crippen LogP contribution in [0, 0.1) is 0 Å². The van der Waals surface area contributed by atoms with Gasteiger partial charge in [-0.05, 0) is 49.2 Å². The van der Waals surface area contributed by atoms with Gasteiger partial charge in [0.25, 0.3) is 0 Å². The van der Waals surface area contributed by atoms with Gasteiger partial charge in [-0.1, -0.05) is 18.2 Å². The van der Waals surface area contributed by atoms with Crippen LogP contribution in [0.3, 0.4) is 0 Å². The minimum absolute atomic E-state index is 0.224. The number of methoxy groups -OCH3 is 1. The Balaban J connectivity index is 1.58. The largest absolute Gasteiger partial charge is 0.465 e. The molecule has 30 heavy (non-hydrogen) atoms. The predicted molar refractivity (Wildman–Crippen MR) is 115 cm³/mol. The van der Waals surface area contributed by atoms with Crippen molar-refractivity contribution in [3.05, 3.63) is 60.2 Å². The number of hydrogen-bond acceptors (Lipinski definition) is 6. The molecule has 3 rings (SSSR count). The van der Waals surface area contributed by atoms with Crippen LogP contribution in [0.1, 0.15) is 23.2 Å². The number of benzene rings is 2. The number of anilines is 1. The van der Waals surface area contributed by atoms with Gasteiger partial charge in [0.15, 0.2) is 0 Å². The van der Waals surface area contributed by atoms with Crippen molar-refractivity contribution in [2.75, 3.05) is 32.2 Å². The summed E-state index contributed by atoms with van der Waals surface area (Å²) in [5.41, 5.74) is 0.779. The number of esters is 1. The Hall–Kier alpha value is -2.84. The highest BCUT2D eigenvalue weighted by Gasteiger charge is 2.34. The molecule has 1 aliphatic rings. The fraction of sp³-hybridized carbons (Fsp3) is 0.318. The van der Waals surface area contributed by atoms with E-state index in [4.69, 9.17) is 4.74 Å². The fourth-order valence-electron chi connectivity index (χ4n) is 3.11. The van der Waals surface area contributed by atoms with Gasteiger partial charge in [0.05, 0.1) is 12.7 Å². The average Bonchev–Trinajstić information content (AvgIpc) is 2.78. The molecule has 0 saturated carbocycles. The molecule has 1 heterocycles. The standard InChI is InChI=1S/C22H24N2O5S/c1-28-21(27)16-7-9-17(10-8-16)24-20(26)19(25)23-15-22(11-13-29-14-12-22)30-18-5-3-2-4-6-18/h2-10H,11-15H2,1H3,(H,23,25)(H,24,26). The first kappa shape index (κ1) is 21.9. The van der Waals surface area contributed by atoms with E-state index >= 15 is 0 Å². The van der Waals surface area contributed by atoms with Crippen molar-refractivity contribution in [1.82, 2.24) is 5.32 Å². The summed E-state index contributed by atoms with van der Waals surface area (Å²) in [5.74, 6) is -1.93. The summed E-state index contributed by atoms with van der Waals surface area (Å²) in [5, 5.41) is 5.31. The molecule has 2 aromatic carbocycles. The zero-order valence-corrected chi connectivity index (χ0v) is 17.5. The first-order valence-electron chi connectivity index (χ1n) is 9.61. The molecule has 1 saturated heterocycles. The number of carbonyl (C=O) groups is 3. The third-order valence-electron chi connectivity index (χ3n) is 4.82.